The van der Waals surface area contributed by atoms with Crippen molar-refractivity contribution in [2.24, 2.45) is 0 Å². The largest absolute Gasteiger partial charge is 0.292 e. The summed E-state index contributed by atoms with van der Waals surface area (Å²) in [4.78, 5) is 9.80. The summed E-state index contributed by atoms with van der Waals surface area (Å²) in [6.07, 6.45) is 8.22. The Kier molecular flexibility index (Phi) is 4.14. The van der Waals surface area contributed by atoms with Crippen LogP contribution in [-0.4, -0.2) is 50.2 Å². The van der Waals surface area contributed by atoms with E-state index in [1.807, 2.05) is 6.20 Å². The van der Waals surface area contributed by atoms with Crippen molar-refractivity contribution in [1.29, 1.82) is 0 Å². The molecule has 2 aromatic rings. The van der Waals surface area contributed by atoms with Gasteiger partial charge in [0.25, 0.3) is 0 Å². The maximum atomic E-state index is 4.65. The van der Waals surface area contributed by atoms with Crippen molar-refractivity contribution in [3.63, 3.8) is 0 Å². The Morgan fingerprint density at radius 1 is 1.08 bits per heavy atom. The number of hydrogen-bond donors (Lipinski definition) is 1. The van der Waals surface area contributed by atoms with Gasteiger partial charge in [-0.15, -0.1) is 0 Å². The van der Waals surface area contributed by atoms with Crippen LogP contribution in [0.5, 0.6) is 0 Å². The molecular weight excluding hydrogens is 378 g/mol. The summed E-state index contributed by atoms with van der Waals surface area (Å²) in [6.45, 7) is 4.33. The fourth-order valence-corrected chi connectivity index (χ4v) is 5.03. The molecule has 2 aliphatic heterocycles. The first-order valence-corrected chi connectivity index (χ1v) is 10.2. The zero-order valence-corrected chi connectivity index (χ0v) is 16.0. The average molecular weight is 402 g/mol. The van der Waals surface area contributed by atoms with E-state index in [2.05, 4.69) is 53.0 Å². The van der Waals surface area contributed by atoms with Crippen LogP contribution >= 0.6 is 15.9 Å². The number of halogens is 1. The molecule has 2 bridgehead atoms. The van der Waals surface area contributed by atoms with E-state index in [-0.39, 0.29) is 0 Å². The molecule has 5 nitrogen and oxygen atoms in total. The molecule has 6 heteroatoms. The number of nitrogens with zero attached hydrogens (tertiary/aromatic N) is 4. The fourth-order valence-electron chi connectivity index (χ4n) is 4.80. The Bertz CT molecular complexity index is 756. The molecule has 0 amide bonds. The van der Waals surface area contributed by atoms with Gasteiger partial charge >= 0.3 is 0 Å². The molecule has 1 N–H and O–H groups in total. The van der Waals surface area contributed by atoms with Crippen LogP contribution in [0, 0.1) is 0 Å². The van der Waals surface area contributed by atoms with Crippen LogP contribution in [0.15, 0.2) is 22.8 Å². The molecule has 4 heterocycles. The lowest BCUT2D eigenvalue weighted by Crippen LogP contribution is -2.45. The van der Waals surface area contributed by atoms with Gasteiger partial charge in [-0.05, 0) is 65.7 Å². The first-order chi connectivity index (χ1) is 12.3. The highest BCUT2D eigenvalue weighted by molar-refractivity contribution is 9.10. The van der Waals surface area contributed by atoms with Crippen LogP contribution in [0.3, 0.4) is 0 Å². The second-order valence-electron chi connectivity index (χ2n) is 7.70. The minimum Gasteiger partial charge on any atom is -0.292 e. The summed E-state index contributed by atoms with van der Waals surface area (Å²) in [7, 11) is 0. The molecule has 5 rings (SSSR count). The molecule has 2 unspecified atom stereocenters. The summed E-state index contributed by atoms with van der Waals surface area (Å²) in [5.74, 6) is 0. The maximum absolute atomic E-state index is 4.65. The third kappa shape index (κ3) is 3.04. The normalized spacial score (nSPS) is 26.3. The number of hydrogen-bond acceptors (Lipinski definition) is 4. The number of likely N-dealkylation sites (tertiary alicyclic amines) is 2. The monoisotopic (exact) mass is 401 g/mol. The van der Waals surface area contributed by atoms with E-state index < -0.39 is 0 Å². The molecular formula is C19H24BrN5. The van der Waals surface area contributed by atoms with Gasteiger partial charge in [-0.1, -0.05) is 0 Å². The highest BCUT2D eigenvalue weighted by Gasteiger charge is 2.43. The summed E-state index contributed by atoms with van der Waals surface area (Å²) < 4.78 is 1.05. The second kappa shape index (κ2) is 6.49. The third-order valence-corrected chi connectivity index (χ3v) is 6.59. The highest BCUT2D eigenvalue weighted by atomic mass is 79.9. The van der Waals surface area contributed by atoms with E-state index in [1.54, 1.807) is 0 Å². The van der Waals surface area contributed by atoms with Gasteiger partial charge in [0.15, 0.2) is 0 Å². The van der Waals surface area contributed by atoms with Crippen LogP contribution < -0.4 is 0 Å². The van der Waals surface area contributed by atoms with Gasteiger partial charge in [-0.2, -0.15) is 5.10 Å². The van der Waals surface area contributed by atoms with Crippen LogP contribution in [0.25, 0.3) is 0 Å². The lowest BCUT2D eigenvalue weighted by Gasteiger charge is -2.33. The van der Waals surface area contributed by atoms with Crippen molar-refractivity contribution in [2.75, 3.05) is 13.1 Å². The molecule has 0 spiro atoms. The molecule has 0 saturated carbocycles. The van der Waals surface area contributed by atoms with E-state index in [0.717, 1.165) is 24.1 Å². The number of pyridine rings is 1. The van der Waals surface area contributed by atoms with E-state index in [4.69, 9.17) is 0 Å². The van der Waals surface area contributed by atoms with Gasteiger partial charge in [-0.25, -0.2) is 0 Å². The first-order valence-electron chi connectivity index (χ1n) is 9.40. The number of piperazine rings is 1. The van der Waals surface area contributed by atoms with E-state index in [9.17, 15) is 0 Å². The number of nitrogens with one attached hydrogen (secondary N) is 1. The minimum absolute atomic E-state index is 0.671. The number of fused-ring (bicyclic) bond motifs is 3. The standard InChI is InChI=1S/C19H24BrN5/c20-13-5-6-14(21-8-13)9-24-10-16-7-15(24)11-25(16)12-19-17-3-1-2-4-18(17)22-23-19/h5-6,8,15-16H,1-4,7,9-12H2,(H,22,23). The quantitative estimate of drug-likeness (QED) is 0.855. The van der Waals surface area contributed by atoms with Crippen LogP contribution in [-0.2, 0) is 25.9 Å². The fraction of sp³-hybridized carbons (Fsp3) is 0.579. The number of aromatic amines is 1. The zero-order valence-electron chi connectivity index (χ0n) is 14.4. The zero-order chi connectivity index (χ0) is 16.8. The molecule has 0 aromatic carbocycles. The van der Waals surface area contributed by atoms with Gasteiger partial charge in [-0.3, -0.25) is 19.9 Å². The second-order valence-corrected chi connectivity index (χ2v) is 8.62. The Morgan fingerprint density at radius 2 is 1.88 bits per heavy atom. The predicted octanol–water partition coefficient (Wildman–Crippen LogP) is 2.90. The van der Waals surface area contributed by atoms with Crippen molar-refractivity contribution >= 4 is 15.9 Å². The topological polar surface area (TPSA) is 48.0 Å². The highest BCUT2D eigenvalue weighted by Crippen LogP contribution is 2.33. The summed E-state index contributed by atoms with van der Waals surface area (Å²) in [5, 5.41) is 7.94. The molecule has 25 heavy (non-hydrogen) atoms. The smallest absolute Gasteiger partial charge is 0.0797 e. The molecule has 2 atom stereocenters. The van der Waals surface area contributed by atoms with Crippen LogP contribution in [0.1, 0.15) is 41.9 Å². The SMILES string of the molecule is Brc1ccc(CN2CC3CC2CN3Cc2n[nH]c3c2CCCC3)nc1. The van der Waals surface area contributed by atoms with Crippen LogP contribution in [0.4, 0.5) is 0 Å². The van der Waals surface area contributed by atoms with Crippen molar-refractivity contribution in [3.8, 4) is 0 Å². The van der Waals surface area contributed by atoms with Gasteiger partial charge in [0.1, 0.15) is 0 Å². The molecule has 132 valence electrons. The lowest BCUT2D eigenvalue weighted by atomic mass is 9.96. The molecule has 3 aliphatic rings. The number of H-pyrrole nitrogens is 1. The Balaban J connectivity index is 1.22. The predicted molar refractivity (Wildman–Crippen MR) is 100 cm³/mol. The lowest BCUT2D eigenvalue weighted by molar-refractivity contribution is 0.115. The number of rotatable bonds is 4. The molecule has 2 saturated heterocycles. The van der Waals surface area contributed by atoms with Crippen molar-refractivity contribution in [1.82, 2.24) is 25.0 Å². The molecule has 2 aromatic heterocycles. The van der Waals surface area contributed by atoms with Gasteiger partial charge in [0, 0.05) is 54.6 Å². The molecule has 2 fully saturated rings. The first kappa shape index (κ1) is 16.0. The Labute approximate surface area is 156 Å². The average Bonchev–Trinajstić information content (AvgIpc) is 3.32. The van der Waals surface area contributed by atoms with E-state index in [1.165, 1.54) is 61.3 Å². The Hall–Kier alpha value is -1.24. The van der Waals surface area contributed by atoms with E-state index >= 15 is 0 Å². The summed E-state index contributed by atoms with van der Waals surface area (Å²) >= 11 is 3.46. The van der Waals surface area contributed by atoms with E-state index in [0.29, 0.717) is 12.1 Å². The van der Waals surface area contributed by atoms with Gasteiger partial charge in [0.2, 0.25) is 0 Å². The summed E-state index contributed by atoms with van der Waals surface area (Å²) in [6, 6.07) is 5.56. The number of aryl methyl sites for hydroxylation is 1. The Morgan fingerprint density at radius 3 is 2.64 bits per heavy atom. The van der Waals surface area contributed by atoms with Crippen molar-refractivity contribution in [3.05, 3.63) is 45.4 Å². The summed E-state index contributed by atoms with van der Waals surface area (Å²) in [5.41, 5.74) is 5.39. The molecule has 0 radical (unpaired) electrons. The van der Waals surface area contributed by atoms with Gasteiger partial charge < -0.3 is 0 Å². The number of aromatic nitrogens is 3. The third-order valence-electron chi connectivity index (χ3n) is 6.12. The van der Waals surface area contributed by atoms with Crippen LogP contribution in [0.2, 0.25) is 0 Å². The van der Waals surface area contributed by atoms with Crippen molar-refractivity contribution < 1.29 is 0 Å². The van der Waals surface area contributed by atoms with Gasteiger partial charge in [0.05, 0.1) is 11.4 Å². The van der Waals surface area contributed by atoms with Crippen molar-refractivity contribution in [2.45, 2.75) is 57.3 Å². The minimum atomic E-state index is 0.671. The molecule has 1 aliphatic carbocycles. The maximum Gasteiger partial charge on any atom is 0.0797 e.